The van der Waals surface area contributed by atoms with E-state index >= 15 is 0 Å². The highest BCUT2D eigenvalue weighted by molar-refractivity contribution is 7.86. The molecule has 1 aromatic rings. The molecule has 0 unspecified atom stereocenters. The molecular weight excluding hydrogens is 318 g/mol. The molecule has 0 aliphatic heterocycles. The summed E-state index contributed by atoms with van der Waals surface area (Å²) in [5.74, 6) is -0.477. The lowest BCUT2D eigenvalue weighted by atomic mass is 10.2. The number of rotatable bonds is 6. The van der Waals surface area contributed by atoms with Gasteiger partial charge in [-0.2, -0.15) is 8.42 Å². The number of nitrogens with zero attached hydrogens (tertiary/aromatic N) is 1. The maximum absolute atomic E-state index is 12.0. The van der Waals surface area contributed by atoms with Gasteiger partial charge in [0.05, 0.1) is 12.1 Å². The van der Waals surface area contributed by atoms with Crippen molar-refractivity contribution in [3.05, 3.63) is 29.8 Å². The monoisotopic (exact) mass is 341 g/mol. The van der Waals surface area contributed by atoms with Crippen molar-refractivity contribution in [1.29, 1.82) is 0 Å². The van der Waals surface area contributed by atoms with E-state index < -0.39 is 21.7 Å². The Balaban J connectivity index is 2.79. The van der Waals surface area contributed by atoms with E-state index in [1.165, 1.54) is 12.1 Å². The van der Waals surface area contributed by atoms with Gasteiger partial charge in [0.25, 0.3) is 0 Å². The third-order valence-electron chi connectivity index (χ3n) is 2.75. The summed E-state index contributed by atoms with van der Waals surface area (Å²) in [5.41, 5.74) is 0.631. The van der Waals surface area contributed by atoms with Crippen LogP contribution >= 0.6 is 0 Å². The summed E-state index contributed by atoms with van der Waals surface area (Å²) in [6.07, 6.45) is 0.264. The highest BCUT2D eigenvalue weighted by atomic mass is 32.2. The molecule has 0 aromatic heterocycles. The van der Waals surface area contributed by atoms with Crippen molar-refractivity contribution in [2.24, 2.45) is 5.16 Å². The lowest BCUT2D eigenvalue weighted by Crippen LogP contribution is -2.25. The van der Waals surface area contributed by atoms with Crippen molar-refractivity contribution in [3.8, 4) is 0 Å². The number of carbonyl (C=O) groups excluding carboxylic acids is 1. The smallest absolute Gasteiger partial charge is 0.358 e. The Bertz CT molecular complexity index is 669. The quantitative estimate of drug-likeness (QED) is 0.451. The first-order chi connectivity index (χ1) is 10.5. The van der Waals surface area contributed by atoms with Crippen molar-refractivity contribution >= 4 is 21.8 Å². The SMILES string of the molecule is CC/C(CC(=O)OC(C)(C)C)=N\OS(=O)(=O)c1ccc(C)cc1. The fraction of sp³-hybridized carbons (Fsp3) is 0.500. The van der Waals surface area contributed by atoms with Crippen molar-refractivity contribution in [3.63, 3.8) is 0 Å². The molecule has 0 radical (unpaired) electrons. The van der Waals surface area contributed by atoms with Crippen LogP contribution in [0.5, 0.6) is 0 Å². The van der Waals surface area contributed by atoms with Gasteiger partial charge in [-0.05, 0) is 46.2 Å². The molecule has 0 aliphatic rings. The fourth-order valence-electron chi connectivity index (χ4n) is 1.62. The Hall–Kier alpha value is -1.89. The topological polar surface area (TPSA) is 82.0 Å². The summed E-state index contributed by atoms with van der Waals surface area (Å²) >= 11 is 0. The van der Waals surface area contributed by atoms with Crippen LogP contribution in [-0.4, -0.2) is 25.7 Å². The lowest BCUT2D eigenvalue weighted by Gasteiger charge is -2.19. The van der Waals surface area contributed by atoms with E-state index in [0.717, 1.165) is 5.56 Å². The minimum atomic E-state index is -3.99. The zero-order chi connectivity index (χ0) is 17.7. The van der Waals surface area contributed by atoms with Crippen LogP contribution in [-0.2, 0) is 23.9 Å². The van der Waals surface area contributed by atoms with Crippen molar-refractivity contribution in [2.75, 3.05) is 0 Å². The zero-order valence-electron chi connectivity index (χ0n) is 14.1. The van der Waals surface area contributed by atoms with Gasteiger partial charge in [-0.15, -0.1) is 0 Å². The van der Waals surface area contributed by atoms with Gasteiger partial charge in [0.1, 0.15) is 10.5 Å². The van der Waals surface area contributed by atoms with Gasteiger partial charge in [-0.3, -0.25) is 9.08 Å². The van der Waals surface area contributed by atoms with Crippen LogP contribution in [0.15, 0.2) is 34.3 Å². The van der Waals surface area contributed by atoms with Gasteiger partial charge in [-0.1, -0.05) is 29.8 Å². The Morgan fingerprint density at radius 3 is 2.22 bits per heavy atom. The summed E-state index contributed by atoms with van der Waals surface area (Å²) in [7, 11) is -3.99. The molecule has 0 heterocycles. The van der Waals surface area contributed by atoms with Crippen LogP contribution in [0.1, 0.15) is 46.1 Å². The number of benzene rings is 1. The van der Waals surface area contributed by atoms with Crippen LogP contribution in [0.2, 0.25) is 0 Å². The molecule has 0 atom stereocenters. The summed E-state index contributed by atoms with van der Waals surface area (Å²) < 4.78 is 33.9. The minimum Gasteiger partial charge on any atom is -0.460 e. The summed E-state index contributed by atoms with van der Waals surface area (Å²) in [5, 5.41) is 3.61. The molecule has 23 heavy (non-hydrogen) atoms. The molecule has 7 heteroatoms. The van der Waals surface area contributed by atoms with Gasteiger partial charge >= 0.3 is 16.1 Å². The first kappa shape index (κ1) is 19.2. The summed E-state index contributed by atoms with van der Waals surface area (Å²) in [6.45, 7) is 8.88. The number of esters is 1. The van der Waals surface area contributed by atoms with Crippen LogP contribution in [0.3, 0.4) is 0 Å². The molecule has 128 valence electrons. The number of oxime groups is 1. The standard InChI is InChI=1S/C16H23NO5S/c1-6-13(11-15(18)21-16(3,4)5)17-22-23(19,20)14-9-7-12(2)8-10-14/h7-10H,6,11H2,1-5H3/b17-13+. The van der Waals surface area contributed by atoms with E-state index in [1.807, 2.05) is 6.92 Å². The predicted octanol–water partition coefficient (Wildman–Crippen LogP) is 3.20. The molecule has 0 amide bonds. The van der Waals surface area contributed by atoms with Gasteiger partial charge in [0.15, 0.2) is 0 Å². The molecule has 1 aromatic carbocycles. The molecule has 0 spiro atoms. The molecule has 0 saturated carbocycles. The molecule has 0 bridgehead atoms. The van der Waals surface area contributed by atoms with E-state index in [-0.39, 0.29) is 11.3 Å². The second-order valence-electron chi connectivity index (χ2n) is 6.12. The Labute approximate surface area is 137 Å². The first-order valence-electron chi connectivity index (χ1n) is 7.31. The summed E-state index contributed by atoms with van der Waals surface area (Å²) in [6, 6.07) is 6.22. The molecule has 0 saturated heterocycles. The van der Waals surface area contributed by atoms with E-state index in [9.17, 15) is 13.2 Å². The van der Waals surface area contributed by atoms with Gasteiger partial charge in [-0.25, -0.2) is 0 Å². The lowest BCUT2D eigenvalue weighted by molar-refractivity contribution is -0.153. The van der Waals surface area contributed by atoms with E-state index in [4.69, 9.17) is 9.02 Å². The third-order valence-corrected chi connectivity index (χ3v) is 3.87. The Morgan fingerprint density at radius 1 is 1.17 bits per heavy atom. The van der Waals surface area contributed by atoms with Gasteiger partial charge in [0, 0.05) is 0 Å². The van der Waals surface area contributed by atoms with Crippen LogP contribution in [0, 0.1) is 6.92 Å². The van der Waals surface area contributed by atoms with E-state index in [0.29, 0.717) is 12.1 Å². The second-order valence-corrected chi connectivity index (χ2v) is 7.64. The van der Waals surface area contributed by atoms with Gasteiger partial charge in [0.2, 0.25) is 0 Å². The van der Waals surface area contributed by atoms with Crippen LogP contribution in [0.25, 0.3) is 0 Å². The zero-order valence-corrected chi connectivity index (χ0v) is 14.9. The largest absolute Gasteiger partial charge is 0.460 e. The van der Waals surface area contributed by atoms with Crippen molar-refractivity contribution < 1.29 is 22.2 Å². The minimum absolute atomic E-state index is 0.0135. The van der Waals surface area contributed by atoms with E-state index in [2.05, 4.69) is 5.16 Å². The molecular formula is C16H23NO5S. The number of ether oxygens (including phenoxy) is 1. The fourth-order valence-corrected chi connectivity index (χ4v) is 2.37. The Kier molecular flexibility index (Phi) is 6.32. The maximum atomic E-state index is 12.0. The normalized spacial score (nSPS) is 12.8. The second kappa shape index (κ2) is 7.59. The Morgan fingerprint density at radius 2 is 1.74 bits per heavy atom. The third kappa shape index (κ3) is 6.81. The molecule has 6 nitrogen and oxygen atoms in total. The molecule has 0 aliphatic carbocycles. The number of aryl methyl sites for hydroxylation is 1. The number of hydrogen-bond acceptors (Lipinski definition) is 6. The van der Waals surface area contributed by atoms with Crippen LogP contribution < -0.4 is 0 Å². The van der Waals surface area contributed by atoms with E-state index in [1.54, 1.807) is 39.8 Å². The van der Waals surface area contributed by atoms with Gasteiger partial charge < -0.3 is 4.74 Å². The highest BCUT2D eigenvalue weighted by Crippen LogP contribution is 2.14. The van der Waals surface area contributed by atoms with Crippen molar-refractivity contribution in [1.82, 2.24) is 0 Å². The maximum Gasteiger partial charge on any atom is 0.358 e. The highest BCUT2D eigenvalue weighted by Gasteiger charge is 2.19. The number of hydrogen-bond donors (Lipinski definition) is 0. The first-order valence-corrected chi connectivity index (χ1v) is 8.72. The summed E-state index contributed by atoms with van der Waals surface area (Å²) in [4.78, 5) is 11.8. The molecule has 0 fully saturated rings. The van der Waals surface area contributed by atoms with Crippen molar-refractivity contribution in [2.45, 2.75) is 58.0 Å². The molecule has 0 N–H and O–H groups in total. The predicted molar refractivity (Wildman–Crippen MR) is 87.6 cm³/mol. The average molecular weight is 341 g/mol. The average Bonchev–Trinajstić information content (AvgIpc) is 2.42. The molecule has 1 rings (SSSR count). The van der Waals surface area contributed by atoms with Crippen LogP contribution in [0.4, 0.5) is 0 Å². The number of carbonyl (C=O) groups is 1.